The number of aryl methyl sites for hydroxylation is 3. The Morgan fingerprint density at radius 3 is 2.64 bits per heavy atom. The molecule has 0 spiro atoms. The van der Waals surface area contributed by atoms with Gasteiger partial charge >= 0.3 is 0 Å². The molecule has 36 heavy (non-hydrogen) atoms. The summed E-state index contributed by atoms with van der Waals surface area (Å²) in [6.45, 7) is 5.10. The molecule has 1 aromatic heterocycles. The molecule has 5 rings (SSSR count). The number of hydrogen-bond donors (Lipinski definition) is 1. The van der Waals surface area contributed by atoms with Gasteiger partial charge in [-0.15, -0.1) is 0 Å². The van der Waals surface area contributed by atoms with Crippen LogP contribution >= 0.6 is 0 Å². The number of nitrogens with zero attached hydrogens (tertiary/aromatic N) is 5. The Bertz CT molecular complexity index is 1210. The van der Waals surface area contributed by atoms with E-state index in [1.807, 2.05) is 17.8 Å². The number of hydrogen-bond acceptors (Lipinski definition) is 5. The third-order valence-electron chi connectivity index (χ3n) is 7.69. The first-order valence-electron chi connectivity index (χ1n) is 13.4. The normalized spacial score (nSPS) is 21.8. The second-order valence-corrected chi connectivity index (χ2v) is 10.5. The van der Waals surface area contributed by atoms with Crippen molar-refractivity contribution in [3.05, 3.63) is 58.5 Å². The van der Waals surface area contributed by atoms with E-state index in [0.29, 0.717) is 6.42 Å². The minimum Gasteiger partial charge on any atom is -0.341 e. The van der Waals surface area contributed by atoms with Gasteiger partial charge in [-0.1, -0.05) is 56.0 Å². The summed E-state index contributed by atoms with van der Waals surface area (Å²) in [7, 11) is 0. The Morgan fingerprint density at radius 1 is 1.06 bits per heavy atom. The van der Waals surface area contributed by atoms with Crippen LogP contribution in [-0.2, 0) is 34.5 Å². The van der Waals surface area contributed by atoms with Crippen LogP contribution in [-0.4, -0.2) is 33.1 Å². The Hall–Kier alpha value is -3.29. The van der Waals surface area contributed by atoms with Gasteiger partial charge in [0, 0.05) is 24.7 Å². The van der Waals surface area contributed by atoms with Crippen LogP contribution < -0.4 is 5.32 Å². The maximum Gasteiger partial charge on any atom is 0.272 e. The molecule has 8 nitrogen and oxygen atoms in total. The zero-order chi connectivity index (χ0) is 25.1. The van der Waals surface area contributed by atoms with Gasteiger partial charge in [0.2, 0.25) is 0 Å². The molecule has 3 aliphatic rings. The predicted octanol–water partition coefficient (Wildman–Crippen LogP) is 5.09. The summed E-state index contributed by atoms with van der Waals surface area (Å²) in [4.78, 5) is 26.1. The molecule has 1 N–H and O–H groups in total. The molecule has 8 heteroatoms. The number of benzene rings is 1. The lowest BCUT2D eigenvalue weighted by Crippen LogP contribution is -2.50. The van der Waals surface area contributed by atoms with Gasteiger partial charge in [-0.2, -0.15) is 15.2 Å². The van der Waals surface area contributed by atoms with Crippen molar-refractivity contribution in [3.8, 4) is 0 Å². The second-order valence-electron chi connectivity index (χ2n) is 10.5. The lowest BCUT2D eigenvalue weighted by molar-refractivity contribution is -0.130. The molecule has 2 aromatic rings. The smallest absolute Gasteiger partial charge is 0.272 e. The first-order chi connectivity index (χ1) is 17.5. The fourth-order valence-electron chi connectivity index (χ4n) is 5.58. The van der Waals surface area contributed by atoms with E-state index in [0.717, 1.165) is 42.5 Å². The minimum absolute atomic E-state index is 0.0312. The first-order valence-corrected chi connectivity index (χ1v) is 13.4. The molecular weight excluding hydrogens is 452 g/mol. The van der Waals surface area contributed by atoms with Gasteiger partial charge < -0.3 is 5.32 Å². The highest BCUT2D eigenvalue weighted by molar-refractivity contribution is 6.06. The zero-order valence-corrected chi connectivity index (χ0v) is 21.4. The molecule has 1 aliphatic carbocycles. The van der Waals surface area contributed by atoms with E-state index in [1.54, 1.807) is 0 Å². The van der Waals surface area contributed by atoms with Crippen LogP contribution in [0.25, 0.3) is 5.57 Å². The largest absolute Gasteiger partial charge is 0.341 e. The monoisotopic (exact) mass is 488 g/mol. The highest BCUT2D eigenvalue weighted by Gasteiger charge is 2.42. The van der Waals surface area contributed by atoms with Gasteiger partial charge in [-0.05, 0) is 61.3 Å². The van der Waals surface area contributed by atoms with Crippen molar-refractivity contribution in [2.24, 2.45) is 10.3 Å². The van der Waals surface area contributed by atoms with Gasteiger partial charge in [0.25, 0.3) is 11.8 Å². The summed E-state index contributed by atoms with van der Waals surface area (Å²) in [5.74, 6) is -0.590. The standard InChI is InChI=1S/C28H36N6O2/c1-3-4-5-6-9-14-33-19-23(17-30-33)28(2)16-24(22-13-12-20-10-7-8-11-21(20)15-22)26(27(36)31-28)34-25(35)18-29-32-34/h12-13,15,17,19H,3-11,14,16,18H2,1-2H3,(H,31,36). The predicted molar refractivity (Wildman–Crippen MR) is 138 cm³/mol. The van der Waals surface area contributed by atoms with Crippen LogP contribution in [0, 0.1) is 0 Å². The molecule has 0 radical (unpaired) electrons. The van der Waals surface area contributed by atoms with Crippen LogP contribution in [0.3, 0.4) is 0 Å². The Kier molecular flexibility index (Phi) is 7.03. The van der Waals surface area contributed by atoms with Crippen molar-refractivity contribution >= 4 is 17.4 Å². The molecule has 190 valence electrons. The van der Waals surface area contributed by atoms with Crippen molar-refractivity contribution in [1.29, 1.82) is 0 Å². The van der Waals surface area contributed by atoms with Gasteiger partial charge in [0.15, 0.2) is 0 Å². The number of unbranched alkanes of at least 4 members (excludes halogenated alkanes) is 4. The van der Waals surface area contributed by atoms with E-state index in [1.165, 1.54) is 54.7 Å². The average molecular weight is 489 g/mol. The first kappa shape index (κ1) is 24.4. The van der Waals surface area contributed by atoms with E-state index in [-0.39, 0.29) is 24.1 Å². The Balaban J connectivity index is 1.46. The second kappa shape index (κ2) is 10.4. The number of nitrogens with one attached hydrogen (secondary N) is 1. The summed E-state index contributed by atoms with van der Waals surface area (Å²) >= 11 is 0. The van der Waals surface area contributed by atoms with E-state index < -0.39 is 5.54 Å². The SMILES string of the molecule is CCCCCCCn1cc(C2(C)CC(c3ccc4c(c3)CCCC4)=C(N3N=NCC3=O)C(=O)N2)cn1. The van der Waals surface area contributed by atoms with Crippen molar-refractivity contribution < 1.29 is 9.59 Å². The molecule has 3 heterocycles. The molecule has 1 atom stereocenters. The number of rotatable bonds is 9. The molecule has 2 amide bonds. The van der Waals surface area contributed by atoms with Gasteiger partial charge in [0.1, 0.15) is 12.2 Å². The van der Waals surface area contributed by atoms with Crippen molar-refractivity contribution in [2.75, 3.05) is 6.54 Å². The zero-order valence-electron chi connectivity index (χ0n) is 21.4. The van der Waals surface area contributed by atoms with E-state index in [9.17, 15) is 9.59 Å². The van der Waals surface area contributed by atoms with Gasteiger partial charge in [-0.3, -0.25) is 14.3 Å². The fraction of sp³-hybridized carbons (Fsp3) is 0.536. The van der Waals surface area contributed by atoms with Crippen LogP contribution in [0.4, 0.5) is 0 Å². The van der Waals surface area contributed by atoms with Crippen molar-refractivity contribution in [1.82, 2.24) is 20.1 Å². The molecule has 1 aromatic carbocycles. The third-order valence-corrected chi connectivity index (χ3v) is 7.69. The molecule has 0 saturated carbocycles. The van der Waals surface area contributed by atoms with Crippen molar-refractivity contribution in [3.63, 3.8) is 0 Å². The van der Waals surface area contributed by atoms with E-state index in [4.69, 9.17) is 0 Å². The molecule has 2 aliphatic heterocycles. The van der Waals surface area contributed by atoms with Crippen molar-refractivity contribution in [2.45, 2.75) is 90.1 Å². The summed E-state index contributed by atoms with van der Waals surface area (Å²) < 4.78 is 1.98. The lowest BCUT2D eigenvalue weighted by Gasteiger charge is -2.37. The van der Waals surface area contributed by atoms with E-state index in [2.05, 4.69) is 52.1 Å². The summed E-state index contributed by atoms with van der Waals surface area (Å²) in [6, 6.07) is 6.48. The number of amides is 2. The van der Waals surface area contributed by atoms with Gasteiger partial charge in [-0.25, -0.2) is 0 Å². The maximum absolute atomic E-state index is 13.6. The Labute approximate surface area is 212 Å². The average Bonchev–Trinajstić information content (AvgIpc) is 3.53. The van der Waals surface area contributed by atoms with Crippen LogP contribution in [0.5, 0.6) is 0 Å². The van der Waals surface area contributed by atoms with Crippen LogP contribution in [0.15, 0.2) is 46.6 Å². The number of aromatic nitrogens is 2. The quantitative estimate of drug-likeness (QED) is 0.499. The van der Waals surface area contributed by atoms with Gasteiger partial charge in [0.05, 0.1) is 11.7 Å². The molecule has 0 bridgehead atoms. The summed E-state index contributed by atoms with van der Waals surface area (Å²) in [6.07, 6.45) is 15.0. The number of carbonyl (C=O) groups is 2. The third kappa shape index (κ3) is 4.86. The molecule has 1 unspecified atom stereocenters. The Morgan fingerprint density at radius 2 is 1.86 bits per heavy atom. The fourth-order valence-corrected chi connectivity index (χ4v) is 5.58. The molecule has 0 fully saturated rings. The van der Waals surface area contributed by atoms with E-state index >= 15 is 0 Å². The lowest BCUT2D eigenvalue weighted by atomic mass is 9.79. The van der Waals surface area contributed by atoms with Crippen LogP contribution in [0.1, 0.15) is 87.5 Å². The molecular formula is C28H36N6O2. The number of carbonyl (C=O) groups excluding carboxylic acids is 2. The maximum atomic E-state index is 13.6. The van der Waals surface area contributed by atoms with Crippen LogP contribution in [0.2, 0.25) is 0 Å². The summed E-state index contributed by atoms with van der Waals surface area (Å²) in [5.41, 5.74) is 5.13. The highest BCUT2D eigenvalue weighted by atomic mass is 16.2. The summed E-state index contributed by atoms with van der Waals surface area (Å²) in [5, 5.41) is 16.8. The highest BCUT2D eigenvalue weighted by Crippen LogP contribution is 2.40. The topological polar surface area (TPSA) is 92.0 Å². The number of fused-ring (bicyclic) bond motifs is 1. The minimum atomic E-state index is -0.647. The molecule has 0 saturated heterocycles.